The zero-order valence-electron chi connectivity index (χ0n) is 17.6. The second-order valence-electron chi connectivity index (χ2n) is 7.08. The number of hydrogen-bond acceptors (Lipinski definition) is 7. The van der Waals surface area contributed by atoms with Crippen molar-refractivity contribution in [2.45, 2.75) is 5.16 Å². The Morgan fingerprint density at radius 3 is 2.66 bits per heavy atom. The number of carbonyl (C=O) groups is 1. The van der Waals surface area contributed by atoms with Gasteiger partial charge in [-0.1, -0.05) is 23.9 Å². The van der Waals surface area contributed by atoms with Gasteiger partial charge in [0.15, 0.2) is 5.16 Å². The van der Waals surface area contributed by atoms with Crippen LogP contribution in [0.2, 0.25) is 0 Å². The number of non-ortho nitro benzene ring substituents is 1. The predicted octanol–water partition coefficient (Wildman–Crippen LogP) is 4.17. The first-order valence-electron chi connectivity index (χ1n) is 9.87. The largest absolute Gasteiger partial charge is 0.324 e. The van der Waals surface area contributed by atoms with Crippen LogP contribution in [0.5, 0.6) is 0 Å². The average molecular weight is 493 g/mol. The van der Waals surface area contributed by atoms with E-state index in [1.165, 1.54) is 12.1 Å². The molecule has 0 unspecified atom stereocenters. The molecular formula is C23H13F2N5O4S. The summed E-state index contributed by atoms with van der Waals surface area (Å²) >= 11 is 0.821. The van der Waals surface area contributed by atoms with E-state index in [1.807, 2.05) is 0 Å². The summed E-state index contributed by atoms with van der Waals surface area (Å²) in [5, 5.41) is 22.8. The zero-order valence-corrected chi connectivity index (χ0v) is 18.4. The maximum absolute atomic E-state index is 14.6. The fraction of sp³-hybridized carbons (Fsp3) is 0.0435. The van der Waals surface area contributed by atoms with Gasteiger partial charge in [-0.2, -0.15) is 5.26 Å². The molecular weight excluding hydrogens is 480 g/mol. The Labute approximate surface area is 199 Å². The van der Waals surface area contributed by atoms with E-state index in [9.17, 15) is 33.7 Å². The maximum atomic E-state index is 14.6. The van der Waals surface area contributed by atoms with Gasteiger partial charge in [0, 0.05) is 18.2 Å². The number of nitro benzene ring substituents is 1. The van der Waals surface area contributed by atoms with Gasteiger partial charge in [0.05, 0.1) is 38.5 Å². The first-order chi connectivity index (χ1) is 16.8. The molecule has 0 saturated carbocycles. The molecule has 0 spiro atoms. The van der Waals surface area contributed by atoms with Crippen molar-refractivity contribution in [3.63, 3.8) is 0 Å². The van der Waals surface area contributed by atoms with E-state index in [1.54, 1.807) is 24.3 Å². The molecule has 0 atom stereocenters. The van der Waals surface area contributed by atoms with E-state index in [4.69, 9.17) is 0 Å². The van der Waals surface area contributed by atoms with Crippen LogP contribution in [0, 0.1) is 33.1 Å². The number of halogens is 2. The van der Waals surface area contributed by atoms with Crippen molar-refractivity contribution >= 4 is 39.9 Å². The van der Waals surface area contributed by atoms with Gasteiger partial charge in [-0.3, -0.25) is 24.3 Å². The number of nitrogens with one attached hydrogen (secondary N) is 1. The highest BCUT2D eigenvalue weighted by Crippen LogP contribution is 2.25. The predicted molar refractivity (Wildman–Crippen MR) is 124 cm³/mol. The Balaban J connectivity index is 1.67. The summed E-state index contributed by atoms with van der Waals surface area (Å²) in [6, 6.07) is 14.3. The van der Waals surface area contributed by atoms with E-state index in [-0.39, 0.29) is 38.9 Å². The minimum Gasteiger partial charge on any atom is -0.324 e. The molecule has 0 aliphatic carbocycles. The van der Waals surface area contributed by atoms with E-state index >= 15 is 0 Å². The third-order valence-electron chi connectivity index (χ3n) is 4.84. The van der Waals surface area contributed by atoms with Gasteiger partial charge in [-0.25, -0.2) is 13.8 Å². The normalized spacial score (nSPS) is 10.7. The monoisotopic (exact) mass is 493 g/mol. The van der Waals surface area contributed by atoms with Crippen molar-refractivity contribution in [2.24, 2.45) is 0 Å². The molecule has 174 valence electrons. The summed E-state index contributed by atoms with van der Waals surface area (Å²) in [4.78, 5) is 40.3. The lowest BCUT2D eigenvalue weighted by Gasteiger charge is -2.14. The van der Waals surface area contributed by atoms with Crippen LogP contribution in [-0.4, -0.2) is 26.1 Å². The van der Waals surface area contributed by atoms with Gasteiger partial charge in [0.1, 0.15) is 17.7 Å². The van der Waals surface area contributed by atoms with E-state index in [0.717, 1.165) is 40.6 Å². The SMILES string of the molecule is N#Cc1cc([N+](=O)[O-])ccc1NC(=O)CSc1nc2ccccc2c(=O)n1-c1ccc(F)cc1F. The number of fused-ring (bicyclic) bond motifs is 1. The van der Waals surface area contributed by atoms with Gasteiger partial charge in [0.25, 0.3) is 11.2 Å². The van der Waals surface area contributed by atoms with Crippen LogP contribution in [0.15, 0.2) is 70.6 Å². The number of anilines is 1. The van der Waals surface area contributed by atoms with Crippen molar-refractivity contribution < 1.29 is 18.5 Å². The van der Waals surface area contributed by atoms with Crippen LogP contribution in [0.3, 0.4) is 0 Å². The van der Waals surface area contributed by atoms with Gasteiger partial charge in [-0.15, -0.1) is 0 Å². The van der Waals surface area contributed by atoms with E-state index < -0.39 is 28.0 Å². The van der Waals surface area contributed by atoms with Crippen molar-refractivity contribution in [3.8, 4) is 11.8 Å². The van der Waals surface area contributed by atoms with Gasteiger partial charge in [0.2, 0.25) is 5.91 Å². The van der Waals surface area contributed by atoms with Crippen molar-refractivity contribution in [3.05, 3.63) is 98.3 Å². The van der Waals surface area contributed by atoms with Crippen molar-refractivity contribution in [1.29, 1.82) is 5.26 Å². The standard InChI is InChI=1S/C23H13F2N5O4S/c24-14-5-8-20(17(25)10-14)29-22(32)16-3-1-2-4-19(16)28-23(29)35-12-21(31)27-18-7-6-15(30(33)34)9-13(18)11-26/h1-10H,12H2,(H,27,31). The molecule has 0 bridgehead atoms. The summed E-state index contributed by atoms with van der Waals surface area (Å²) < 4.78 is 29.0. The molecule has 1 aromatic heterocycles. The van der Waals surface area contributed by atoms with E-state index in [2.05, 4.69) is 10.3 Å². The molecule has 1 heterocycles. The summed E-state index contributed by atoms with van der Waals surface area (Å²) in [5.41, 5.74) is -0.865. The molecule has 12 heteroatoms. The number of carbonyl (C=O) groups excluding carboxylic acids is 1. The molecule has 0 aliphatic heterocycles. The lowest BCUT2D eigenvalue weighted by molar-refractivity contribution is -0.384. The highest BCUT2D eigenvalue weighted by molar-refractivity contribution is 7.99. The smallest absolute Gasteiger partial charge is 0.270 e. The molecule has 0 saturated heterocycles. The molecule has 3 aromatic carbocycles. The number of para-hydroxylation sites is 1. The minimum atomic E-state index is -0.986. The highest BCUT2D eigenvalue weighted by atomic mass is 32.2. The Morgan fingerprint density at radius 1 is 1.17 bits per heavy atom. The van der Waals surface area contributed by atoms with Crippen LogP contribution in [0.25, 0.3) is 16.6 Å². The van der Waals surface area contributed by atoms with Gasteiger partial charge < -0.3 is 5.32 Å². The number of nitriles is 1. The Bertz CT molecular complexity index is 1600. The Kier molecular flexibility index (Phi) is 6.52. The van der Waals surface area contributed by atoms with Crippen LogP contribution in [-0.2, 0) is 4.79 Å². The topological polar surface area (TPSA) is 131 Å². The lowest BCUT2D eigenvalue weighted by Crippen LogP contribution is -2.24. The molecule has 0 fully saturated rings. The molecule has 0 radical (unpaired) electrons. The number of aromatic nitrogens is 2. The number of nitro groups is 1. The first-order valence-corrected chi connectivity index (χ1v) is 10.9. The van der Waals surface area contributed by atoms with Crippen molar-refractivity contribution in [2.75, 3.05) is 11.1 Å². The number of rotatable bonds is 6. The Morgan fingerprint density at radius 2 is 1.94 bits per heavy atom. The molecule has 1 amide bonds. The molecule has 4 aromatic rings. The average Bonchev–Trinajstić information content (AvgIpc) is 2.83. The number of benzene rings is 3. The maximum Gasteiger partial charge on any atom is 0.270 e. The fourth-order valence-electron chi connectivity index (χ4n) is 3.25. The molecule has 1 N–H and O–H groups in total. The summed E-state index contributed by atoms with van der Waals surface area (Å²) in [5.74, 6) is -2.71. The van der Waals surface area contributed by atoms with Gasteiger partial charge in [-0.05, 0) is 30.3 Å². The lowest BCUT2D eigenvalue weighted by atomic mass is 10.1. The second kappa shape index (κ2) is 9.70. The summed E-state index contributed by atoms with van der Waals surface area (Å²) in [6.45, 7) is 0. The Hall–Kier alpha value is -4.63. The number of amides is 1. The van der Waals surface area contributed by atoms with Crippen LogP contribution >= 0.6 is 11.8 Å². The molecule has 4 rings (SSSR count). The highest BCUT2D eigenvalue weighted by Gasteiger charge is 2.18. The fourth-order valence-corrected chi connectivity index (χ4v) is 4.05. The molecule has 35 heavy (non-hydrogen) atoms. The quantitative estimate of drug-likeness (QED) is 0.185. The third-order valence-corrected chi connectivity index (χ3v) is 5.78. The second-order valence-corrected chi connectivity index (χ2v) is 8.03. The molecule has 0 aliphatic rings. The van der Waals surface area contributed by atoms with Crippen LogP contribution in [0.1, 0.15) is 5.56 Å². The third kappa shape index (κ3) is 4.85. The first kappa shape index (κ1) is 23.5. The number of nitrogens with zero attached hydrogens (tertiary/aromatic N) is 4. The zero-order chi connectivity index (χ0) is 25.1. The minimum absolute atomic E-state index is 0.0152. The van der Waals surface area contributed by atoms with E-state index in [0.29, 0.717) is 11.6 Å². The summed E-state index contributed by atoms with van der Waals surface area (Å²) in [6.07, 6.45) is 0. The molecule has 9 nitrogen and oxygen atoms in total. The number of hydrogen-bond donors (Lipinski definition) is 1. The van der Waals surface area contributed by atoms with Gasteiger partial charge >= 0.3 is 0 Å². The van der Waals surface area contributed by atoms with Crippen LogP contribution < -0.4 is 10.9 Å². The van der Waals surface area contributed by atoms with Crippen LogP contribution in [0.4, 0.5) is 20.2 Å². The van der Waals surface area contributed by atoms with Crippen molar-refractivity contribution in [1.82, 2.24) is 9.55 Å². The summed E-state index contributed by atoms with van der Waals surface area (Å²) in [7, 11) is 0. The number of thioether (sulfide) groups is 1.